The lowest BCUT2D eigenvalue weighted by atomic mass is 9.96. The lowest BCUT2D eigenvalue weighted by molar-refractivity contribution is -0.135. The van der Waals surface area contributed by atoms with Crippen molar-refractivity contribution < 1.29 is 27.8 Å². The lowest BCUT2D eigenvalue weighted by Gasteiger charge is -2.32. The van der Waals surface area contributed by atoms with Crippen LogP contribution in [0, 0.1) is 5.92 Å². The van der Waals surface area contributed by atoms with Gasteiger partial charge in [0.25, 0.3) is 0 Å². The lowest BCUT2D eigenvalue weighted by Crippen LogP contribution is -2.45. The number of amides is 2. The summed E-state index contributed by atoms with van der Waals surface area (Å²) in [6, 6.07) is 4.61. The smallest absolute Gasteiger partial charge is 0.387 e. The monoisotopic (exact) mass is 384 g/mol. The molecule has 0 aliphatic carbocycles. The number of carbonyl (C=O) groups is 2. The van der Waals surface area contributed by atoms with Gasteiger partial charge in [0.2, 0.25) is 11.8 Å². The van der Waals surface area contributed by atoms with E-state index < -0.39 is 6.61 Å². The fourth-order valence-corrected chi connectivity index (χ4v) is 3.14. The minimum Gasteiger partial charge on any atom is -0.493 e. The number of ether oxygens (including phenoxy) is 2. The molecule has 6 nitrogen and oxygen atoms in total. The first-order valence-corrected chi connectivity index (χ1v) is 9.11. The fraction of sp³-hybridized carbons (Fsp3) is 0.579. The van der Waals surface area contributed by atoms with Crippen LogP contribution in [0.3, 0.4) is 0 Å². The van der Waals surface area contributed by atoms with Crippen LogP contribution in [0.5, 0.6) is 11.5 Å². The highest BCUT2D eigenvalue weighted by Crippen LogP contribution is 2.29. The molecule has 150 valence electrons. The average Bonchev–Trinajstić information content (AvgIpc) is 2.66. The van der Waals surface area contributed by atoms with Crippen molar-refractivity contribution in [3.05, 3.63) is 23.8 Å². The first-order chi connectivity index (χ1) is 12.9. The number of hydrogen-bond donors (Lipinski definition) is 1. The highest BCUT2D eigenvalue weighted by Gasteiger charge is 2.27. The Morgan fingerprint density at radius 2 is 2.11 bits per heavy atom. The SMILES string of the molecule is CCCC(=O)N1CCCC(C(=O)NCc2ccc(OC)c(OC(F)F)c2)C1. The molecule has 0 spiro atoms. The van der Waals surface area contributed by atoms with E-state index in [1.807, 2.05) is 6.92 Å². The van der Waals surface area contributed by atoms with Gasteiger partial charge in [-0.2, -0.15) is 8.78 Å². The zero-order valence-corrected chi connectivity index (χ0v) is 15.7. The number of methoxy groups -OCH3 is 1. The largest absolute Gasteiger partial charge is 0.493 e. The van der Waals surface area contributed by atoms with Crippen molar-refractivity contribution >= 4 is 11.8 Å². The molecule has 0 aromatic heterocycles. The van der Waals surface area contributed by atoms with E-state index in [1.54, 1.807) is 11.0 Å². The number of likely N-dealkylation sites (tertiary alicyclic amines) is 1. The number of alkyl halides is 2. The van der Waals surface area contributed by atoms with Crippen LogP contribution in [0.15, 0.2) is 18.2 Å². The predicted molar refractivity (Wildman–Crippen MR) is 95.7 cm³/mol. The number of carbonyl (C=O) groups excluding carboxylic acids is 2. The topological polar surface area (TPSA) is 67.9 Å². The fourth-order valence-electron chi connectivity index (χ4n) is 3.14. The van der Waals surface area contributed by atoms with E-state index in [-0.39, 0.29) is 35.8 Å². The van der Waals surface area contributed by atoms with E-state index in [1.165, 1.54) is 19.2 Å². The van der Waals surface area contributed by atoms with Crippen molar-refractivity contribution in [2.24, 2.45) is 5.92 Å². The van der Waals surface area contributed by atoms with Gasteiger partial charge in [-0.1, -0.05) is 13.0 Å². The van der Waals surface area contributed by atoms with Gasteiger partial charge < -0.3 is 19.7 Å². The van der Waals surface area contributed by atoms with Gasteiger partial charge in [-0.15, -0.1) is 0 Å². The Balaban J connectivity index is 1.93. The van der Waals surface area contributed by atoms with Gasteiger partial charge in [0, 0.05) is 26.1 Å². The zero-order valence-electron chi connectivity index (χ0n) is 15.7. The standard InChI is InChI=1S/C19H26F2N2O4/c1-3-5-17(24)23-9-4-6-14(12-23)18(25)22-11-13-7-8-15(26-2)16(10-13)27-19(20)21/h7-8,10,14,19H,3-6,9,11-12H2,1-2H3,(H,22,25). The second-order valence-corrected chi connectivity index (χ2v) is 6.51. The molecule has 1 aromatic carbocycles. The Morgan fingerprint density at radius 3 is 2.78 bits per heavy atom. The van der Waals surface area contributed by atoms with Gasteiger partial charge in [-0.25, -0.2) is 0 Å². The summed E-state index contributed by atoms with van der Waals surface area (Å²) < 4.78 is 34.4. The summed E-state index contributed by atoms with van der Waals surface area (Å²) in [7, 11) is 1.36. The van der Waals surface area contributed by atoms with Gasteiger partial charge in [-0.05, 0) is 37.0 Å². The molecule has 2 rings (SSSR count). The average molecular weight is 384 g/mol. The summed E-state index contributed by atoms with van der Waals surface area (Å²) >= 11 is 0. The summed E-state index contributed by atoms with van der Waals surface area (Å²) in [6.45, 7) is 0.287. The van der Waals surface area contributed by atoms with Crippen molar-refractivity contribution in [1.82, 2.24) is 10.2 Å². The number of halogens is 2. The van der Waals surface area contributed by atoms with Crippen LogP contribution in [-0.4, -0.2) is 43.5 Å². The third-order valence-electron chi connectivity index (χ3n) is 4.52. The van der Waals surface area contributed by atoms with E-state index in [2.05, 4.69) is 10.1 Å². The molecule has 1 aliphatic heterocycles. The quantitative estimate of drug-likeness (QED) is 0.748. The van der Waals surface area contributed by atoms with Crippen molar-refractivity contribution in [3.63, 3.8) is 0 Å². The van der Waals surface area contributed by atoms with Crippen LogP contribution in [0.4, 0.5) is 8.78 Å². The van der Waals surface area contributed by atoms with Crippen LogP contribution in [-0.2, 0) is 16.1 Å². The summed E-state index contributed by atoms with van der Waals surface area (Å²) in [5.41, 5.74) is 0.620. The molecule has 0 saturated carbocycles. The zero-order chi connectivity index (χ0) is 19.8. The molecule has 1 unspecified atom stereocenters. The Hall–Kier alpha value is -2.38. The maximum atomic E-state index is 12.5. The molecule has 1 N–H and O–H groups in total. The Bertz CT molecular complexity index is 655. The van der Waals surface area contributed by atoms with Crippen LogP contribution in [0.2, 0.25) is 0 Å². The van der Waals surface area contributed by atoms with Gasteiger partial charge >= 0.3 is 6.61 Å². The molecule has 1 aliphatic rings. The molecule has 2 amide bonds. The minimum absolute atomic E-state index is 0.0757. The predicted octanol–water partition coefficient (Wildman–Crippen LogP) is 2.95. The summed E-state index contributed by atoms with van der Waals surface area (Å²) in [5, 5.41) is 2.82. The highest BCUT2D eigenvalue weighted by molar-refractivity contribution is 5.81. The molecule has 8 heteroatoms. The maximum absolute atomic E-state index is 12.5. The van der Waals surface area contributed by atoms with Crippen LogP contribution < -0.4 is 14.8 Å². The van der Waals surface area contributed by atoms with Crippen LogP contribution in [0.25, 0.3) is 0 Å². The number of rotatable bonds is 8. The summed E-state index contributed by atoms with van der Waals surface area (Å²) in [6.07, 6.45) is 2.80. The Morgan fingerprint density at radius 1 is 1.33 bits per heavy atom. The van der Waals surface area contributed by atoms with E-state index in [4.69, 9.17) is 4.74 Å². The highest BCUT2D eigenvalue weighted by atomic mass is 19.3. The second kappa shape index (κ2) is 10.1. The molecule has 1 heterocycles. The number of nitrogens with one attached hydrogen (secondary N) is 1. The summed E-state index contributed by atoms with van der Waals surface area (Å²) in [4.78, 5) is 26.2. The first-order valence-electron chi connectivity index (χ1n) is 9.11. The van der Waals surface area contributed by atoms with Gasteiger partial charge in [0.15, 0.2) is 11.5 Å². The molecule has 1 aromatic rings. The molecular formula is C19H26F2N2O4. The molecule has 1 atom stereocenters. The normalized spacial score (nSPS) is 16.9. The van der Waals surface area contributed by atoms with Gasteiger partial charge in [0.1, 0.15) is 0 Å². The van der Waals surface area contributed by atoms with Crippen molar-refractivity contribution in [2.75, 3.05) is 20.2 Å². The van der Waals surface area contributed by atoms with Crippen LogP contribution >= 0.6 is 0 Å². The maximum Gasteiger partial charge on any atom is 0.387 e. The van der Waals surface area contributed by atoms with Crippen molar-refractivity contribution in [1.29, 1.82) is 0 Å². The van der Waals surface area contributed by atoms with Gasteiger partial charge in [0.05, 0.1) is 13.0 Å². The minimum atomic E-state index is -2.96. The molecular weight excluding hydrogens is 358 g/mol. The van der Waals surface area contributed by atoms with E-state index in [0.29, 0.717) is 25.1 Å². The number of hydrogen-bond acceptors (Lipinski definition) is 4. The van der Waals surface area contributed by atoms with Gasteiger partial charge in [-0.3, -0.25) is 9.59 Å². The Labute approximate surface area is 157 Å². The number of benzene rings is 1. The third-order valence-corrected chi connectivity index (χ3v) is 4.52. The molecule has 0 radical (unpaired) electrons. The number of piperidine rings is 1. The third kappa shape index (κ3) is 6.08. The summed E-state index contributed by atoms with van der Waals surface area (Å²) in [5.74, 6) is -0.194. The van der Waals surface area contributed by atoms with Crippen molar-refractivity contribution in [3.8, 4) is 11.5 Å². The molecule has 1 saturated heterocycles. The molecule has 27 heavy (non-hydrogen) atoms. The Kier molecular flexibility index (Phi) is 7.82. The first kappa shape index (κ1) is 20.9. The van der Waals surface area contributed by atoms with Crippen molar-refractivity contribution in [2.45, 2.75) is 45.8 Å². The second-order valence-electron chi connectivity index (χ2n) is 6.51. The van der Waals surface area contributed by atoms with E-state index >= 15 is 0 Å². The molecule has 0 bridgehead atoms. The van der Waals surface area contributed by atoms with Crippen LogP contribution in [0.1, 0.15) is 38.2 Å². The molecule has 1 fully saturated rings. The van der Waals surface area contributed by atoms with E-state index in [9.17, 15) is 18.4 Å². The number of nitrogens with zero attached hydrogens (tertiary/aromatic N) is 1. The van der Waals surface area contributed by atoms with E-state index in [0.717, 1.165) is 19.3 Å².